The molecule has 0 spiro atoms. The number of nitrogens with zero attached hydrogens (tertiary/aromatic N) is 2. The van der Waals surface area contributed by atoms with E-state index >= 15 is 0 Å². The average molecular weight is 402 g/mol. The predicted molar refractivity (Wildman–Crippen MR) is 94.3 cm³/mol. The van der Waals surface area contributed by atoms with E-state index in [0.717, 1.165) is 10.0 Å². The lowest BCUT2D eigenvalue weighted by molar-refractivity contribution is -0.135. The number of fused-ring (bicyclic) bond motifs is 1. The van der Waals surface area contributed by atoms with Gasteiger partial charge in [0.25, 0.3) is 5.91 Å². The maximum absolute atomic E-state index is 11.9. The number of amides is 1. The summed E-state index contributed by atoms with van der Waals surface area (Å²) in [5.41, 5.74) is 1.76. The highest BCUT2D eigenvalue weighted by atomic mass is 79.9. The zero-order valence-corrected chi connectivity index (χ0v) is 14.3. The molecule has 3 aromatic rings. The number of aromatic hydroxyl groups is 1. The van der Waals surface area contributed by atoms with Crippen LogP contribution in [0.2, 0.25) is 0 Å². The van der Waals surface area contributed by atoms with E-state index in [2.05, 4.69) is 31.2 Å². The van der Waals surface area contributed by atoms with Crippen LogP contribution < -0.4 is 5.32 Å². The van der Waals surface area contributed by atoms with Gasteiger partial charge in [-0.1, -0.05) is 28.1 Å². The number of nitrogens with one attached hydrogen (secondary N) is 1. The minimum absolute atomic E-state index is 0.245. The van der Waals surface area contributed by atoms with Gasteiger partial charge in [0, 0.05) is 15.4 Å². The van der Waals surface area contributed by atoms with Crippen molar-refractivity contribution in [3.05, 3.63) is 52.8 Å². The summed E-state index contributed by atoms with van der Waals surface area (Å²) in [5.74, 6) is -2.29. The normalized spacial score (nSPS) is 10.6. The lowest BCUT2D eigenvalue weighted by atomic mass is 10.1. The minimum atomic E-state index is -1.19. The van der Waals surface area contributed by atoms with E-state index in [4.69, 9.17) is 5.11 Å². The summed E-state index contributed by atoms with van der Waals surface area (Å²) in [5, 5.41) is 21.4. The molecule has 0 fully saturated rings. The topological polar surface area (TPSA) is 112 Å². The molecule has 2 aromatic heterocycles. The number of carboxylic acids is 1. The molecule has 0 unspecified atom stereocenters. The molecule has 0 atom stereocenters. The average Bonchev–Trinajstić information content (AvgIpc) is 2.59. The number of carbonyl (C=O) groups is 2. The SMILES string of the molecule is O=C(O)CNC(=O)c1ncc2nc(-c3cccc(Br)c3)ccc2c1O. The molecule has 7 nitrogen and oxygen atoms in total. The molecule has 0 saturated heterocycles. The number of rotatable bonds is 4. The zero-order chi connectivity index (χ0) is 18.0. The lowest BCUT2D eigenvalue weighted by Crippen LogP contribution is -2.29. The molecular formula is C17H12BrN3O4. The fourth-order valence-electron chi connectivity index (χ4n) is 2.30. The van der Waals surface area contributed by atoms with Gasteiger partial charge in [0.2, 0.25) is 0 Å². The van der Waals surface area contributed by atoms with Crippen molar-refractivity contribution in [3.63, 3.8) is 0 Å². The molecule has 2 heterocycles. The lowest BCUT2D eigenvalue weighted by Gasteiger charge is -2.08. The highest BCUT2D eigenvalue weighted by molar-refractivity contribution is 9.10. The van der Waals surface area contributed by atoms with Crippen LogP contribution >= 0.6 is 15.9 Å². The highest BCUT2D eigenvalue weighted by Crippen LogP contribution is 2.29. The number of benzene rings is 1. The molecule has 0 aliphatic carbocycles. The molecule has 3 rings (SSSR count). The van der Waals surface area contributed by atoms with Gasteiger partial charge in [-0.2, -0.15) is 0 Å². The molecule has 3 N–H and O–H groups in total. The van der Waals surface area contributed by atoms with Crippen molar-refractivity contribution in [2.24, 2.45) is 0 Å². The van der Waals surface area contributed by atoms with Crippen molar-refractivity contribution in [1.82, 2.24) is 15.3 Å². The number of pyridine rings is 2. The van der Waals surface area contributed by atoms with Crippen molar-refractivity contribution in [3.8, 4) is 17.0 Å². The van der Waals surface area contributed by atoms with Gasteiger partial charge in [-0.3, -0.25) is 9.59 Å². The van der Waals surface area contributed by atoms with Gasteiger partial charge in [0.05, 0.1) is 17.4 Å². The second kappa shape index (κ2) is 6.86. The van der Waals surface area contributed by atoms with Gasteiger partial charge in [-0.15, -0.1) is 0 Å². The second-order valence-electron chi connectivity index (χ2n) is 5.17. The summed E-state index contributed by atoms with van der Waals surface area (Å²) >= 11 is 3.40. The van der Waals surface area contributed by atoms with Gasteiger partial charge in [0.15, 0.2) is 11.4 Å². The zero-order valence-electron chi connectivity index (χ0n) is 12.7. The maximum atomic E-state index is 11.9. The number of aromatic nitrogens is 2. The first-order chi connectivity index (χ1) is 12.0. The van der Waals surface area contributed by atoms with Crippen LogP contribution in [0.5, 0.6) is 5.75 Å². The van der Waals surface area contributed by atoms with Crippen LogP contribution in [0.25, 0.3) is 22.2 Å². The molecule has 0 aliphatic heterocycles. The van der Waals surface area contributed by atoms with E-state index in [1.165, 1.54) is 6.20 Å². The van der Waals surface area contributed by atoms with Crippen LogP contribution in [0.1, 0.15) is 10.5 Å². The Morgan fingerprint density at radius 2 is 2.00 bits per heavy atom. The fourth-order valence-corrected chi connectivity index (χ4v) is 2.70. The summed E-state index contributed by atoms with van der Waals surface area (Å²) in [7, 11) is 0. The number of aliphatic carboxylic acids is 1. The minimum Gasteiger partial charge on any atom is -0.505 e. The molecule has 8 heteroatoms. The number of hydrogen-bond donors (Lipinski definition) is 3. The van der Waals surface area contributed by atoms with Crippen molar-refractivity contribution in [2.75, 3.05) is 6.54 Å². The summed E-state index contributed by atoms with van der Waals surface area (Å²) < 4.78 is 0.915. The highest BCUT2D eigenvalue weighted by Gasteiger charge is 2.17. The molecule has 1 amide bonds. The van der Waals surface area contributed by atoms with Gasteiger partial charge in [0.1, 0.15) is 6.54 Å². The predicted octanol–water partition coefficient (Wildman–Crippen LogP) is 2.58. The van der Waals surface area contributed by atoms with Crippen LogP contribution in [-0.4, -0.2) is 38.6 Å². The standard InChI is InChI=1S/C17H12BrN3O4/c18-10-3-1-2-9(6-10)12-5-4-11-13(21-12)7-19-15(16(11)24)17(25)20-8-14(22)23/h1-7,24H,8H2,(H,20,25)(H,22,23). The summed E-state index contributed by atoms with van der Waals surface area (Å²) in [6.07, 6.45) is 1.37. The van der Waals surface area contributed by atoms with Gasteiger partial charge < -0.3 is 15.5 Å². The van der Waals surface area contributed by atoms with Crippen molar-refractivity contribution in [2.45, 2.75) is 0 Å². The van der Waals surface area contributed by atoms with Gasteiger partial charge >= 0.3 is 5.97 Å². The number of carboxylic acid groups (broad SMARTS) is 1. The van der Waals surface area contributed by atoms with E-state index in [-0.39, 0.29) is 11.4 Å². The molecular weight excluding hydrogens is 390 g/mol. The van der Waals surface area contributed by atoms with Crippen LogP contribution in [0.15, 0.2) is 47.1 Å². The van der Waals surface area contributed by atoms with Crippen LogP contribution in [0.4, 0.5) is 0 Å². The molecule has 0 saturated carbocycles. The Kier molecular flexibility index (Phi) is 4.62. The third kappa shape index (κ3) is 3.58. The van der Waals surface area contributed by atoms with Crippen LogP contribution in [0, 0.1) is 0 Å². The molecule has 0 radical (unpaired) electrons. The maximum Gasteiger partial charge on any atom is 0.322 e. The Hall–Kier alpha value is -3.00. The Bertz CT molecular complexity index is 991. The molecule has 1 aromatic carbocycles. The number of carbonyl (C=O) groups excluding carboxylic acids is 1. The first kappa shape index (κ1) is 16.8. The smallest absolute Gasteiger partial charge is 0.322 e. The van der Waals surface area contributed by atoms with Gasteiger partial charge in [-0.25, -0.2) is 9.97 Å². The Morgan fingerprint density at radius 1 is 1.20 bits per heavy atom. The van der Waals surface area contributed by atoms with E-state index in [0.29, 0.717) is 16.6 Å². The van der Waals surface area contributed by atoms with Crippen LogP contribution in [-0.2, 0) is 4.79 Å². The quantitative estimate of drug-likeness (QED) is 0.619. The van der Waals surface area contributed by atoms with Crippen LogP contribution in [0.3, 0.4) is 0 Å². The molecule has 126 valence electrons. The fraction of sp³-hybridized carbons (Fsp3) is 0.0588. The first-order valence-corrected chi connectivity index (χ1v) is 7.99. The van der Waals surface area contributed by atoms with Gasteiger partial charge in [-0.05, 0) is 24.3 Å². The monoisotopic (exact) mass is 401 g/mol. The summed E-state index contributed by atoms with van der Waals surface area (Å²) in [6, 6.07) is 11.0. The third-order valence-electron chi connectivity index (χ3n) is 3.46. The molecule has 25 heavy (non-hydrogen) atoms. The van der Waals surface area contributed by atoms with Crippen molar-refractivity contribution >= 4 is 38.7 Å². The Balaban J connectivity index is 1.99. The molecule has 0 aliphatic rings. The summed E-state index contributed by atoms with van der Waals surface area (Å²) in [4.78, 5) is 30.8. The second-order valence-corrected chi connectivity index (χ2v) is 6.09. The van der Waals surface area contributed by atoms with E-state index in [1.54, 1.807) is 12.1 Å². The van der Waals surface area contributed by atoms with E-state index in [9.17, 15) is 14.7 Å². The number of halogens is 1. The third-order valence-corrected chi connectivity index (χ3v) is 3.95. The number of hydrogen-bond acceptors (Lipinski definition) is 5. The largest absolute Gasteiger partial charge is 0.505 e. The van der Waals surface area contributed by atoms with E-state index < -0.39 is 18.4 Å². The Morgan fingerprint density at radius 3 is 2.72 bits per heavy atom. The van der Waals surface area contributed by atoms with E-state index in [1.807, 2.05) is 24.3 Å². The first-order valence-electron chi connectivity index (χ1n) is 7.20. The van der Waals surface area contributed by atoms with Crippen molar-refractivity contribution < 1.29 is 19.8 Å². The molecule has 0 bridgehead atoms. The summed E-state index contributed by atoms with van der Waals surface area (Å²) in [6.45, 7) is -0.557. The Labute approximate surface area is 150 Å². The van der Waals surface area contributed by atoms with Crippen molar-refractivity contribution in [1.29, 1.82) is 0 Å².